The average Bonchev–Trinajstić information content (AvgIpc) is 2.88. The highest BCUT2D eigenvalue weighted by atomic mass is 16.1. The van der Waals surface area contributed by atoms with Gasteiger partial charge in [0.15, 0.2) is 0 Å². The van der Waals surface area contributed by atoms with Crippen molar-refractivity contribution >= 4 is 5.78 Å². The molecular formula is C15H17N3O. The van der Waals surface area contributed by atoms with Gasteiger partial charge in [-0.1, -0.05) is 18.2 Å². The Balaban J connectivity index is 1.70. The molecule has 0 saturated carbocycles. The molecule has 2 aromatic rings. The molecule has 1 aromatic carbocycles. The van der Waals surface area contributed by atoms with Crippen LogP contribution in [0.3, 0.4) is 0 Å². The van der Waals surface area contributed by atoms with Gasteiger partial charge < -0.3 is 0 Å². The minimum absolute atomic E-state index is 0.349. The summed E-state index contributed by atoms with van der Waals surface area (Å²) < 4.78 is 1.88. The summed E-state index contributed by atoms with van der Waals surface area (Å²) >= 11 is 0. The molecule has 0 aliphatic carbocycles. The zero-order chi connectivity index (χ0) is 13.1. The number of carbonyl (C=O) groups excluding carboxylic acids is 1. The zero-order valence-corrected chi connectivity index (χ0v) is 10.8. The normalized spacial score (nSPS) is 16.7. The van der Waals surface area contributed by atoms with E-state index in [4.69, 9.17) is 0 Å². The minimum atomic E-state index is 0.349. The van der Waals surface area contributed by atoms with E-state index in [2.05, 4.69) is 10.00 Å². The number of piperidine rings is 1. The first-order chi connectivity index (χ1) is 9.31. The lowest BCUT2D eigenvalue weighted by Gasteiger charge is -2.24. The molecular weight excluding hydrogens is 238 g/mol. The molecule has 0 radical (unpaired) electrons. The van der Waals surface area contributed by atoms with E-state index in [1.54, 1.807) is 0 Å². The molecule has 1 aromatic heterocycles. The number of aromatic nitrogens is 2. The number of likely N-dealkylation sites (tertiary alicyclic amines) is 1. The molecule has 1 aliphatic rings. The Bertz CT molecular complexity index is 562. The van der Waals surface area contributed by atoms with Gasteiger partial charge in [-0.3, -0.25) is 9.69 Å². The molecule has 0 bridgehead atoms. The fourth-order valence-corrected chi connectivity index (χ4v) is 2.46. The van der Waals surface area contributed by atoms with Crippen LogP contribution in [0.15, 0.2) is 42.7 Å². The van der Waals surface area contributed by atoms with Crippen LogP contribution in [-0.2, 0) is 11.3 Å². The second-order valence-corrected chi connectivity index (χ2v) is 4.98. The molecule has 3 rings (SSSR count). The lowest BCUT2D eigenvalue weighted by molar-refractivity contribution is -0.122. The number of Topliss-reactive ketones (excluding diaryl/α,β-unsaturated/α-hetero) is 1. The number of ketones is 1. The Morgan fingerprint density at radius 3 is 2.84 bits per heavy atom. The fraction of sp³-hybridized carbons (Fsp3) is 0.333. The molecule has 1 fully saturated rings. The van der Waals surface area contributed by atoms with E-state index in [9.17, 15) is 4.79 Å². The monoisotopic (exact) mass is 255 g/mol. The number of nitrogens with zero attached hydrogens (tertiary/aromatic N) is 3. The smallest absolute Gasteiger partial charge is 0.146 e. The van der Waals surface area contributed by atoms with E-state index in [-0.39, 0.29) is 0 Å². The van der Waals surface area contributed by atoms with Crippen LogP contribution in [0.5, 0.6) is 0 Å². The van der Waals surface area contributed by atoms with Crippen LogP contribution in [0.1, 0.15) is 18.4 Å². The maximum Gasteiger partial charge on any atom is 0.146 e. The Kier molecular flexibility index (Phi) is 3.42. The first-order valence-electron chi connectivity index (χ1n) is 6.64. The van der Waals surface area contributed by atoms with Gasteiger partial charge in [-0.05, 0) is 25.1 Å². The quantitative estimate of drug-likeness (QED) is 0.842. The van der Waals surface area contributed by atoms with Gasteiger partial charge in [0.05, 0.1) is 18.4 Å². The molecule has 1 saturated heterocycles. The number of carbonyl (C=O) groups is 1. The molecule has 0 atom stereocenters. The third-order valence-corrected chi connectivity index (χ3v) is 3.39. The Morgan fingerprint density at radius 1 is 1.21 bits per heavy atom. The summed E-state index contributed by atoms with van der Waals surface area (Å²) in [5.74, 6) is 0.349. The van der Waals surface area contributed by atoms with Crippen LogP contribution in [0.25, 0.3) is 5.69 Å². The molecule has 0 amide bonds. The van der Waals surface area contributed by atoms with Gasteiger partial charge >= 0.3 is 0 Å². The van der Waals surface area contributed by atoms with Gasteiger partial charge in [0, 0.05) is 24.7 Å². The van der Waals surface area contributed by atoms with Crippen molar-refractivity contribution in [2.45, 2.75) is 19.4 Å². The van der Waals surface area contributed by atoms with E-state index in [0.717, 1.165) is 37.2 Å². The Hall–Kier alpha value is -1.94. The fourth-order valence-electron chi connectivity index (χ4n) is 2.46. The van der Waals surface area contributed by atoms with Gasteiger partial charge in [-0.25, -0.2) is 4.68 Å². The standard InChI is InChI=1S/C15H17N3O/c19-15-7-4-8-17(12-15)10-13-9-16-18(11-13)14-5-2-1-3-6-14/h1-3,5-6,9,11H,4,7-8,10,12H2. The van der Waals surface area contributed by atoms with Crippen molar-refractivity contribution in [2.24, 2.45) is 0 Å². The van der Waals surface area contributed by atoms with Gasteiger partial charge in [0.25, 0.3) is 0 Å². The lowest BCUT2D eigenvalue weighted by atomic mass is 10.1. The number of rotatable bonds is 3. The van der Waals surface area contributed by atoms with E-state index < -0.39 is 0 Å². The second-order valence-electron chi connectivity index (χ2n) is 4.98. The van der Waals surface area contributed by atoms with Crippen LogP contribution in [0.4, 0.5) is 0 Å². The van der Waals surface area contributed by atoms with Crippen molar-refractivity contribution < 1.29 is 4.79 Å². The summed E-state index contributed by atoms with van der Waals surface area (Å²) in [6, 6.07) is 10.1. The molecule has 19 heavy (non-hydrogen) atoms. The lowest BCUT2D eigenvalue weighted by Crippen LogP contribution is -2.34. The first kappa shape index (κ1) is 12.1. The molecule has 1 aliphatic heterocycles. The van der Waals surface area contributed by atoms with Crippen LogP contribution in [-0.4, -0.2) is 33.6 Å². The zero-order valence-electron chi connectivity index (χ0n) is 10.8. The predicted molar refractivity (Wildman–Crippen MR) is 73.1 cm³/mol. The summed E-state index contributed by atoms with van der Waals surface area (Å²) in [6.07, 6.45) is 5.63. The highest BCUT2D eigenvalue weighted by Crippen LogP contribution is 2.12. The number of benzene rings is 1. The van der Waals surface area contributed by atoms with Crippen molar-refractivity contribution in [3.63, 3.8) is 0 Å². The van der Waals surface area contributed by atoms with Crippen molar-refractivity contribution in [2.75, 3.05) is 13.1 Å². The van der Waals surface area contributed by atoms with Crippen molar-refractivity contribution in [3.05, 3.63) is 48.3 Å². The van der Waals surface area contributed by atoms with Gasteiger partial charge in [0.2, 0.25) is 0 Å². The summed E-state index contributed by atoms with van der Waals surface area (Å²) in [5, 5.41) is 4.38. The van der Waals surface area contributed by atoms with Crippen LogP contribution in [0, 0.1) is 0 Å². The van der Waals surface area contributed by atoms with Crippen LogP contribution in [0.2, 0.25) is 0 Å². The predicted octanol–water partition coefficient (Wildman–Crippen LogP) is 2.04. The first-order valence-corrected chi connectivity index (χ1v) is 6.64. The van der Waals surface area contributed by atoms with E-state index in [1.807, 2.05) is 47.4 Å². The summed E-state index contributed by atoms with van der Waals surface area (Å²) in [5.41, 5.74) is 2.21. The average molecular weight is 255 g/mol. The van der Waals surface area contributed by atoms with E-state index in [0.29, 0.717) is 12.3 Å². The van der Waals surface area contributed by atoms with Gasteiger partial charge in [-0.2, -0.15) is 5.10 Å². The molecule has 2 heterocycles. The third-order valence-electron chi connectivity index (χ3n) is 3.39. The number of para-hydroxylation sites is 1. The third kappa shape index (κ3) is 2.90. The Labute approximate surface area is 112 Å². The Morgan fingerprint density at radius 2 is 2.05 bits per heavy atom. The van der Waals surface area contributed by atoms with Crippen molar-refractivity contribution in [1.29, 1.82) is 0 Å². The molecule has 0 unspecified atom stereocenters. The van der Waals surface area contributed by atoms with Crippen molar-refractivity contribution in [1.82, 2.24) is 14.7 Å². The second kappa shape index (κ2) is 5.36. The maximum absolute atomic E-state index is 11.4. The molecule has 4 nitrogen and oxygen atoms in total. The topological polar surface area (TPSA) is 38.1 Å². The van der Waals surface area contributed by atoms with E-state index in [1.165, 1.54) is 0 Å². The summed E-state index contributed by atoms with van der Waals surface area (Å²) in [4.78, 5) is 13.6. The minimum Gasteiger partial charge on any atom is -0.298 e. The van der Waals surface area contributed by atoms with Crippen LogP contribution < -0.4 is 0 Å². The highest BCUT2D eigenvalue weighted by Gasteiger charge is 2.17. The molecule has 4 heteroatoms. The van der Waals surface area contributed by atoms with E-state index >= 15 is 0 Å². The summed E-state index contributed by atoms with van der Waals surface area (Å²) in [6.45, 7) is 2.39. The largest absolute Gasteiger partial charge is 0.298 e. The van der Waals surface area contributed by atoms with Gasteiger partial charge in [0.1, 0.15) is 5.78 Å². The SMILES string of the molecule is O=C1CCCN(Cc2cnn(-c3ccccc3)c2)C1. The maximum atomic E-state index is 11.4. The summed E-state index contributed by atoms with van der Waals surface area (Å²) in [7, 11) is 0. The van der Waals surface area contributed by atoms with Gasteiger partial charge in [-0.15, -0.1) is 0 Å². The number of hydrogen-bond acceptors (Lipinski definition) is 3. The van der Waals surface area contributed by atoms with Crippen molar-refractivity contribution in [3.8, 4) is 5.69 Å². The molecule has 0 spiro atoms. The molecule has 98 valence electrons. The number of hydrogen-bond donors (Lipinski definition) is 0. The molecule has 0 N–H and O–H groups in total. The highest BCUT2D eigenvalue weighted by molar-refractivity contribution is 5.81. The van der Waals surface area contributed by atoms with Crippen LogP contribution >= 0.6 is 0 Å².